The van der Waals surface area contributed by atoms with Crippen LogP contribution in [0.3, 0.4) is 0 Å². The smallest absolute Gasteiger partial charge is 0.284 e. The molecule has 1 N–H and O–H groups in total. The van der Waals surface area contributed by atoms with Crippen molar-refractivity contribution in [2.24, 2.45) is 0 Å². The molecule has 27 heavy (non-hydrogen) atoms. The first-order chi connectivity index (χ1) is 13.1. The molecule has 4 rings (SSSR count). The summed E-state index contributed by atoms with van der Waals surface area (Å²) in [6, 6.07) is 5.58. The SMILES string of the molecule is O=C(Cn1cnc2c(nnn2-c2ccc(F)cc2)c1=O)NC[C@@H]1CCCO1. The number of nitrogens with zero attached hydrogens (tertiary/aromatic N) is 5. The van der Waals surface area contributed by atoms with Crippen LogP contribution < -0.4 is 10.9 Å². The van der Waals surface area contributed by atoms with Crippen LogP contribution in [0.4, 0.5) is 4.39 Å². The molecule has 140 valence electrons. The largest absolute Gasteiger partial charge is 0.376 e. The van der Waals surface area contributed by atoms with Crippen LogP contribution >= 0.6 is 0 Å². The summed E-state index contributed by atoms with van der Waals surface area (Å²) in [4.78, 5) is 28.8. The number of hydrogen-bond acceptors (Lipinski definition) is 6. The highest BCUT2D eigenvalue weighted by Gasteiger charge is 2.18. The summed E-state index contributed by atoms with van der Waals surface area (Å²) in [6.07, 6.45) is 3.21. The lowest BCUT2D eigenvalue weighted by atomic mass is 10.2. The summed E-state index contributed by atoms with van der Waals surface area (Å²) in [5.74, 6) is -0.688. The molecule has 1 amide bonds. The molecule has 0 aliphatic carbocycles. The molecule has 0 spiro atoms. The van der Waals surface area contributed by atoms with E-state index >= 15 is 0 Å². The van der Waals surface area contributed by atoms with Gasteiger partial charge in [0.2, 0.25) is 5.91 Å². The average Bonchev–Trinajstić information content (AvgIpc) is 3.33. The lowest BCUT2D eigenvalue weighted by Gasteiger charge is -2.11. The van der Waals surface area contributed by atoms with Gasteiger partial charge in [0.25, 0.3) is 5.56 Å². The fourth-order valence-electron chi connectivity index (χ4n) is 2.96. The van der Waals surface area contributed by atoms with E-state index in [2.05, 4.69) is 20.6 Å². The zero-order chi connectivity index (χ0) is 18.8. The van der Waals surface area contributed by atoms with Crippen LogP contribution in [0.2, 0.25) is 0 Å². The Labute approximate surface area is 152 Å². The summed E-state index contributed by atoms with van der Waals surface area (Å²) >= 11 is 0. The number of amides is 1. The third-order valence-electron chi connectivity index (χ3n) is 4.37. The molecule has 3 aromatic rings. The molecule has 1 aliphatic heterocycles. The molecule has 1 saturated heterocycles. The molecule has 3 heterocycles. The fraction of sp³-hybridized carbons (Fsp3) is 0.353. The lowest BCUT2D eigenvalue weighted by molar-refractivity contribution is -0.122. The van der Waals surface area contributed by atoms with Gasteiger partial charge in [0.1, 0.15) is 18.7 Å². The first-order valence-corrected chi connectivity index (χ1v) is 8.57. The minimum Gasteiger partial charge on any atom is -0.376 e. The standard InChI is InChI=1S/C17H17FN6O3/c18-11-3-5-12(6-4-11)24-16-15(21-22-24)17(26)23(10-20-16)9-14(25)19-8-13-2-1-7-27-13/h3-6,10,13H,1-2,7-9H2,(H,19,25)/t13-/m0/s1. The Kier molecular flexibility index (Phi) is 4.63. The molecule has 2 aromatic heterocycles. The van der Waals surface area contributed by atoms with Crippen molar-refractivity contribution in [3.8, 4) is 5.69 Å². The number of carbonyl (C=O) groups is 1. The van der Waals surface area contributed by atoms with Gasteiger partial charge in [-0.3, -0.25) is 14.2 Å². The Morgan fingerprint density at radius 3 is 2.89 bits per heavy atom. The molecule has 0 saturated carbocycles. The van der Waals surface area contributed by atoms with E-state index in [-0.39, 0.29) is 35.5 Å². The van der Waals surface area contributed by atoms with E-state index in [1.54, 1.807) is 0 Å². The zero-order valence-electron chi connectivity index (χ0n) is 14.3. The van der Waals surface area contributed by atoms with E-state index in [0.717, 1.165) is 12.8 Å². The first-order valence-electron chi connectivity index (χ1n) is 8.57. The average molecular weight is 372 g/mol. The molecular weight excluding hydrogens is 355 g/mol. The number of aromatic nitrogens is 5. The molecule has 0 radical (unpaired) electrons. The van der Waals surface area contributed by atoms with Crippen molar-refractivity contribution in [2.75, 3.05) is 13.2 Å². The summed E-state index contributed by atoms with van der Waals surface area (Å²) in [6.45, 7) is 0.964. The maximum atomic E-state index is 13.1. The fourth-order valence-corrected chi connectivity index (χ4v) is 2.96. The molecule has 9 nitrogen and oxygen atoms in total. The number of nitrogens with one attached hydrogen (secondary N) is 1. The van der Waals surface area contributed by atoms with E-state index in [9.17, 15) is 14.0 Å². The number of carbonyl (C=O) groups excluding carboxylic acids is 1. The van der Waals surface area contributed by atoms with Gasteiger partial charge in [0.05, 0.1) is 11.8 Å². The molecule has 1 atom stereocenters. The van der Waals surface area contributed by atoms with Gasteiger partial charge in [-0.2, -0.15) is 4.68 Å². The number of rotatable bonds is 5. The quantitative estimate of drug-likeness (QED) is 0.696. The van der Waals surface area contributed by atoms with E-state index < -0.39 is 5.56 Å². The van der Waals surface area contributed by atoms with Crippen molar-refractivity contribution in [2.45, 2.75) is 25.5 Å². The highest BCUT2D eigenvalue weighted by Crippen LogP contribution is 2.12. The van der Waals surface area contributed by atoms with E-state index in [4.69, 9.17) is 4.74 Å². The third kappa shape index (κ3) is 3.56. The van der Waals surface area contributed by atoms with Crippen LogP contribution in [-0.2, 0) is 16.1 Å². The minimum atomic E-state index is -0.472. The van der Waals surface area contributed by atoms with Crippen LogP contribution in [0.25, 0.3) is 16.9 Å². The van der Waals surface area contributed by atoms with Gasteiger partial charge in [-0.05, 0) is 37.1 Å². The van der Waals surface area contributed by atoms with Gasteiger partial charge in [-0.15, -0.1) is 5.10 Å². The lowest BCUT2D eigenvalue weighted by Crippen LogP contribution is -2.36. The van der Waals surface area contributed by atoms with Crippen molar-refractivity contribution >= 4 is 17.1 Å². The Morgan fingerprint density at radius 2 is 2.15 bits per heavy atom. The van der Waals surface area contributed by atoms with Crippen LogP contribution in [0.5, 0.6) is 0 Å². The molecule has 0 unspecified atom stereocenters. The van der Waals surface area contributed by atoms with Gasteiger partial charge in [0.15, 0.2) is 11.2 Å². The summed E-state index contributed by atoms with van der Waals surface area (Å²) in [5, 5.41) is 10.5. The molecule has 10 heteroatoms. The predicted octanol–water partition coefficient (Wildman–Crippen LogP) is 0.411. The number of ether oxygens (including phenoxy) is 1. The normalized spacial score (nSPS) is 16.7. The van der Waals surface area contributed by atoms with Crippen molar-refractivity contribution in [3.05, 3.63) is 46.8 Å². The van der Waals surface area contributed by atoms with Crippen LogP contribution in [-0.4, -0.2) is 49.7 Å². The van der Waals surface area contributed by atoms with Crippen LogP contribution in [0.1, 0.15) is 12.8 Å². The van der Waals surface area contributed by atoms with Crippen LogP contribution in [0.15, 0.2) is 35.4 Å². The van der Waals surface area contributed by atoms with Gasteiger partial charge in [0, 0.05) is 13.2 Å². The van der Waals surface area contributed by atoms with E-state index in [1.807, 2.05) is 0 Å². The second-order valence-electron chi connectivity index (χ2n) is 6.27. The first kappa shape index (κ1) is 17.3. The number of benzene rings is 1. The van der Waals surface area contributed by atoms with Gasteiger partial charge in [-0.1, -0.05) is 5.21 Å². The van der Waals surface area contributed by atoms with Crippen molar-refractivity contribution in [1.29, 1.82) is 0 Å². The monoisotopic (exact) mass is 372 g/mol. The molecule has 1 aromatic carbocycles. The molecule has 1 aliphatic rings. The molecule has 1 fully saturated rings. The Balaban J connectivity index is 1.53. The van der Waals surface area contributed by atoms with Crippen molar-refractivity contribution < 1.29 is 13.9 Å². The Hall–Kier alpha value is -3.14. The predicted molar refractivity (Wildman–Crippen MR) is 92.9 cm³/mol. The van der Waals surface area contributed by atoms with E-state index in [1.165, 1.54) is 39.8 Å². The van der Waals surface area contributed by atoms with Crippen LogP contribution in [0, 0.1) is 5.82 Å². The minimum absolute atomic E-state index is 0.0295. The van der Waals surface area contributed by atoms with Crippen molar-refractivity contribution in [1.82, 2.24) is 29.9 Å². The summed E-state index contributed by atoms with van der Waals surface area (Å²) in [5.41, 5.74) is 0.329. The number of halogens is 1. The highest BCUT2D eigenvalue weighted by atomic mass is 19.1. The summed E-state index contributed by atoms with van der Waals surface area (Å²) < 4.78 is 21.1. The molecule has 0 bridgehead atoms. The highest BCUT2D eigenvalue weighted by molar-refractivity contribution is 5.76. The molecular formula is C17H17FN6O3. The Bertz CT molecular complexity index is 1020. The number of hydrogen-bond donors (Lipinski definition) is 1. The topological polar surface area (TPSA) is 104 Å². The Morgan fingerprint density at radius 1 is 1.33 bits per heavy atom. The van der Waals surface area contributed by atoms with Gasteiger partial charge < -0.3 is 10.1 Å². The third-order valence-corrected chi connectivity index (χ3v) is 4.37. The summed E-state index contributed by atoms with van der Waals surface area (Å²) in [7, 11) is 0. The van der Waals surface area contributed by atoms with Crippen molar-refractivity contribution in [3.63, 3.8) is 0 Å². The zero-order valence-corrected chi connectivity index (χ0v) is 14.3. The van der Waals surface area contributed by atoms with Gasteiger partial charge >= 0.3 is 0 Å². The van der Waals surface area contributed by atoms with E-state index in [0.29, 0.717) is 18.8 Å². The second-order valence-corrected chi connectivity index (χ2v) is 6.27. The maximum absolute atomic E-state index is 13.1. The van der Waals surface area contributed by atoms with Gasteiger partial charge in [-0.25, -0.2) is 9.37 Å². The number of fused-ring (bicyclic) bond motifs is 1. The maximum Gasteiger partial charge on any atom is 0.284 e. The second kappa shape index (κ2) is 7.23.